The number of hydrogen-bond donors (Lipinski definition) is 0. The van der Waals surface area contributed by atoms with Crippen molar-refractivity contribution >= 4 is 34.5 Å². The van der Waals surface area contributed by atoms with E-state index in [4.69, 9.17) is 23.2 Å². The van der Waals surface area contributed by atoms with E-state index in [1.54, 1.807) is 11.3 Å². The van der Waals surface area contributed by atoms with Crippen LogP contribution in [0.2, 0.25) is 10.0 Å². The van der Waals surface area contributed by atoms with Crippen molar-refractivity contribution in [2.24, 2.45) is 0 Å². The molecule has 0 radical (unpaired) electrons. The maximum absolute atomic E-state index is 11.8. The Balaban J connectivity index is 2.30. The van der Waals surface area contributed by atoms with Crippen molar-refractivity contribution in [2.75, 3.05) is 0 Å². The molecular weight excluding hydrogens is 279 g/mol. The number of rotatable bonds is 3. The van der Waals surface area contributed by atoms with E-state index < -0.39 is 0 Å². The van der Waals surface area contributed by atoms with Crippen molar-refractivity contribution < 1.29 is 0 Å². The molecule has 17 heavy (non-hydrogen) atoms. The lowest BCUT2D eigenvalue weighted by Crippen LogP contribution is -2.23. The number of halogens is 2. The van der Waals surface area contributed by atoms with E-state index in [9.17, 15) is 4.79 Å². The summed E-state index contributed by atoms with van der Waals surface area (Å²) in [5.74, 6) is 0. The molecule has 2 aromatic rings. The molecule has 3 nitrogen and oxygen atoms in total. The van der Waals surface area contributed by atoms with Crippen molar-refractivity contribution in [3.8, 4) is 0 Å². The average Bonchev–Trinajstić information content (AvgIpc) is 2.78. The standard InChI is InChI=1S/C11H10Cl2N2OS/c1-2-7-3-4-8(17-7)6-15-11(16)10(13)9(12)5-14-15/h3-5H,2,6H2,1H3. The van der Waals surface area contributed by atoms with Gasteiger partial charge in [-0.15, -0.1) is 11.3 Å². The van der Waals surface area contributed by atoms with Crippen LogP contribution in [0.5, 0.6) is 0 Å². The summed E-state index contributed by atoms with van der Waals surface area (Å²) in [6, 6.07) is 4.06. The van der Waals surface area contributed by atoms with Crippen molar-refractivity contribution in [1.29, 1.82) is 0 Å². The molecule has 0 aliphatic rings. The lowest BCUT2D eigenvalue weighted by molar-refractivity contribution is 0.645. The second-order valence-corrected chi connectivity index (χ2v) is 5.53. The molecule has 6 heteroatoms. The summed E-state index contributed by atoms with van der Waals surface area (Å²) in [5, 5.41) is 4.17. The zero-order valence-electron chi connectivity index (χ0n) is 9.11. The quantitative estimate of drug-likeness (QED) is 0.869. The van der Waals surface area contributed by atoms with Crippen LogP contribution in [-0.4, -0.2) is 9.78 Å². The van der Waals surface area contributed by atoms with Gasteiger partial charge in [0.1, 0.15) is 5.02 Å². The summed E-state index contributed by atoms with van der Waals surface area (Å²) in [7, 11) is 0. The monoisotopic (exact) mass is 288 g/mol. The maximum Gasteiger partial charge on any atom is 0.287 e. The van der Waals surface area contributed by atoms with Gasteiger partial charge in [0.25, 0.3) is 5.56 Å². The fraction of sp³-hybridized carbons (Fsp3) is 0.273. The summed E-state index contributed by atoms with van der Waals surface area (Å²) >= 11 is 13.2. The topological polar surface area (TPSA) is 34.9 Å². The Morgan fingerprint density at radius 2 is 2.06 bits per heavy atom. The second-order valence-electron chi connectivity index (χ2n) is 3.49. The second kappa shape index (κ2) is 5.21. The van der Waals surface area contributed by atoms with Crippen molar-refractivity contribution in [3.63, 3.8) is 0 Å². The van der Waals surface area contributed by atoms with Gasteiger partial charge >= 0.3 is 0 Å². The van der Waals surface area contributed by atoms with Crippen LogP contribution < -0.4 is 5.56 Å². The zero-order valence-corrected chi connectivity index (χ0v) is 11.4. The highest BCUT2D eigenvalue weighted by Gasteiger charge is 2.08. The smallest absolute Gasteiger partial charge is 0.266 e. The largest absolute Gasteiger partial charge is 0.287 e. The van der Waals surface area contributed by atoms with Gasteiger partial charge in [0.15, 0.2) is 0 Å². The van der Waals surface area contributed by atoms with Gasteiger partial charge in [0.2, 0.25) is 0 Å². The highest BCUT2D eigenvalue weighted by Crippen LogP contribution is 2.18. The molecule has 0 fully saturated rings. The Morgan fingerprint density at radius 1 is 1.35 bits per heavy atom. The fourth-order valence-electron chi connectivity index (χ4n) is 1.40. The van der Waals surface area contributed by atoms with E-state index >= 15 is 0 Å². The number of nitrogens with zero attached hydrogens (tertiary/aromatic N) is 2. The van der Waals surface area contributed by atoms with E-state index in [1.807, 2.05) is 6.07 Å². The van der Waals surface area contributed by atoms with Gasteiger partial charge in [0.05, 0.1) is 17.8 Å². The van der Waals surface area contributed by atoms with Gasteiger partial charge in [-0.05, 0) is 18.6 Å². The SMILES string of the molecule is CCc1ccc(Cn2ncc(Cl)c(Cl)c2=O)s1. The summed E-state index contributed by atoms with van der Waals surface area (Å²) in [6.45, 7) is 2.53. The molecule has 0 aliphatic carbocycles. The third kappa shape index (κ3) is 2.70. The highest BCUT2D eigenvalue weighted by atomic mass is 35.5. The molecule has 2 aromatic heterocycles. The fourth-order valence-corrected chi connectivity index (χ4v) is 2.61. The third-order valence-electron chi connectivity index (χ3n) is 2.31. The first-order valence-electron chi connectivity index (χ1n) is 5.10. The van der Waals surface area contributed by atoms with E-state index in [1.165, 1.54) is 15.8 Å². The van der Waals surface area contributed by atoms with E-state index in [0.29, 0.717) is 6.54 Å². The molecule has 0 saturated heterocycles. The molecule has 0 atom stereocenters. The van der Waals surface area contributed by atoms with Crippen LogP contribution >= 0.6 is 34.5 Å². The number of thiophene rings is 1. The van der Waals surface area contributed by atoms with Crippen LogP contribution in [-0.2, 0) is 13.0 Å². The first-order chi connectivity index (χ1) is 8.11. The molecule has 90 valence electrons. The number of aryl methyl sites for hydroxylation is 1. The molecular formula is C11H10Cl2N2OS. The Kier molecular flexibility index (Phi) is 3.86. The van der Waals surface area contributed by atoms with E-state index in [0.717, 1.165) is 11.3 Å². The minimum absolute atomic E-state index is 0.0222. The molecule has 0 spiro atoms. The summed E-state index contributed by atoms with van der Waals surface area (Å²) in [5.41, 5.74) is -0.356. The minimum atomic E-state index is -0.356. The molecule has 0 bridgehead atoms. The van der Waals surface area contributed by atoms with Gasteiger partial charge in [-0.2, -0.15) is 5.10 Å². The third-order valence-corrected chi connectivity index (χ3v) is 4.28. The molecule has 2 heterocycles. The summed E-state index contributed by atoms with van der Waals surface area (Å²) in [6.07, 6.45) is 2.38. The lowest BCUT2D eigenvalue weighted by atomic mass is 10.3. The predicted molar refractivity (Wildman–Crippen MR) is 71.3 cm³/mol. The van der Waals surface area contributed by atoms with Gasteiger partial charge in [-0.1, -0.05) is 30.1 Å². The Labute approximate surface area is 113 Å². The Morgan fingerprint density at radius 3 is 2.71 bits per heavy atom. The van der Waals surface area contributed by atoms with Gasteiger partial charge in [-0.25, -0.2) is 4.68 Å². The predicted octanol–water partition coefficient (Wildman–Crippen LogP) is 3.22. The minimum Gasteiger partial charge on any atom is -0.266 e. The summed E-state index contributed by atoms with van der Waals surface area (Å²) < 4.78 is 1.32. The molecule has 0 aliphatic heterocycles. The Bertz CT molecular complexity index is 591. The zero-order chi connectivity index (χ0) is 12.4. The van der Waals surface area contributed by atoms with Crippen LogP contribution in [0.1, 0.15) is 16.7 Å². The first kappa shape index (κ1) is 12.6. The normalized spacial score (nSPS) is 10.8. The van der Waals surface area contributed by atoms with Crippen molar-refractivity contribution in [3.05, 3.63) is 48.5 Å². The molecule has 0 amide bonds. The maximum atomic E-state index is 11.8. The number of hydrogen-bond acceptors (Lipinski definition) is 3. The molecule has 0 N–H and O–H groups in total. The first-order valence-corrected chi connectivity index (χ1v) is 6.67. The van der Waals surface area contributed by atoms with Gasteiger partial charge in [-0.3, -0.25) is 4.79 Å². The van der Waals surface area contributed by atoms with Crippen LogP contribution in [0.3, 0.4) is 0 Å². The van der Waals surface area contributed by atoms with Crippen LogP contribution in [0, 0.1) is 0 Å². The summed E-state index contributed by atoms with van der Waals surface area (Å²) in [4.78, 5) is 14.1. The molecule has 2 rings (SSSR count). The van der Waals surface area contributed by atoms with Gasteiger partial charge in [0, 0.05) is 9.75 Å². The van der Waals surface area contributed by atoms with Crippen LogP contribution in [0.15, 0.2) is 23.1 Å². The molecule has 0 saturated carbocycles. The lowest BCUT2D eigenvalue weighted by Gasteiger charge is -2.03. The van der Waals surface area contributed by atoms with Crippen molar-refractivity contribution in [2.45, 2.75) is 19.9 Å². The van der Waals surface area contributed by atoms with Gasteiger partial charge < -0.3 is 0 Å². The van der Waals surface area contributed by atoms with E-state index in [2.05, 4.69) is 18.1 Å². The molecule has 0 unspecified atom stereocenters. The van der Waals surface area contributed by atoms with E-state index in [-0.39, 0.29) is 15.6 Å². The molecule has 0 aromatic carbocycles. The average molecular weight is 289 g/mol. The van der Waals surface area contributed by atoms with Crippen molar-refractivity contribution in [1.82, 2.24) is 9.78 Å². The number of aromatic nitrogens is 2. The van der Waals surface area contributed by atoms with Crippen LogP contribution in [0.4, 0.5) is 0 Å². The Hall–Kier alpha value is -0.840. The van der Waals surface area contributed by atoms with Crippen LogP contribution in [0.25, 0.3) is 0 Å². The highest BCUT2D eigenvalue weighted by molar-refractivity contribution is 7.11.